The van der Waals surface area contributed by atoms with Crippen molar-refractivity contribution in [3.63, 3.8) is 0 Å². The second kappa shape index (κ2) is 6.62. The van der Waals surface area contributed by atoms with Gasteiger partial charge >= 0.3 is 12.0 Å². The van der Waals surface area contributed by atoms with Gasteiger partial charge in [0, 0.05) is 0 Å². The molecule has 124 valence electrons. The number of hydrogen-bond donors (Lipinski definition) is 2. The van der Waals surface area contributed by atoms with Gasteiger partial charge in [0.25, 0.3) is 5.91 Å². The molecule has 1 fully saturated rings. The Hall–Kier alpha value is -2.02. The smallest absolute Gasteiger partial charge is 0.329 e. The molecular weight excluding hydrogens is 316 g/mol. The van der Waals surface area contributed by atoms with Gasteiger partial charge < -0.3 is 5.11 Å². The van der Waals surface area contributed by atoms with Crippen molar-refractivity contribution in [1.82, 2.24) is 9.80 Å². The molecule has 3 amide bonds. The Bertz CT molecular complexity index is 618. The van der Waals surface area contributed by atoms with Crippen LogP contribution in [-0.4, -0.2) is 50.3 Å². The van der Waals surface area contributed by atoms with Gasteiger partial charge in [-0.15, -0.1) is 0 Å². The third kappa shape index (κ3) is 3.50. The van der Waals surface area contributed by atoms with Crippen molar-refractivity contribution in [2.24, 2.45) is 0 Å². The molecule has 2 rings (SSSR count). The van der Waals surface area contributed by atoms with E-state index >= 15 is 0 Å². The number of carboxylic acids is 1. The molecular formula is C16H20N2O4S. The lowest BCUT2D eigenvalue weighted by Gasteiger charge is -2.31. The normalized spacial score (nSPS) is 16.8. The minimum Gasteiger partial charge on any atom is -0.480 e. The number of benzene rings is 1. The first-order valence-corrected chi connectivity index (χ1v) is 7.86. The average molecular weight is 336 g/mol. The van der Waals surface area contributed by atoms with E-state index in [0.29, 0.717) is 12.8 Å². The van der Waals surface area contributed by atoms with Gasteiger partial charge in [-0.05, 0) is 32.3 Å². The third-order valence-corrected chi connectivity index (χ3v) is 4.52. The van der Waals surface area contributed by atoms with Crippen LogP contribution < -0.4 is 0 Å². The molecule has 6 nitrogen and oxygen atoms in total. The van der Waals surface area contributed by atoms with Crippen LogP contribution in [0.5, 0.6) is 0 Å². The van der Waals surface area contributed by atoms with Crippen LogP contribution >= 0.6 is 12.6 Å². The Morgan fingerprint density at radius 2 is 1.91 bits per heavy atom. The topological polar surface area (TPSA) is 77.9 Å². The molecule has 1 N–H and O–H groups in total. The monoisotopic (exact) mass is 336 g/mol. The van der Waals surface area contributed by atoms with Gasteiger partial charge in [-0.25, -0.2) is 9.59 Å². The summed E-state index contributed by atoms with van der Waals surface area (Å²) in [4.78, 5) is 38.0. The number of aryl methyl sites for hydroxylation is 1. The van der Waals surface area contributed by atoms with Crippen LogP contribution in [0.1, 0.15) is 25.8 Å². The molecule has 1 saturated heterocycles. The quantitative estimate of drug-likeness (QED) is 0.615. The lowest BCUT2D eigenvalue weighted by atomic mass is 10.0. The predicted molar refractivity (Wildman–Crippen MR) is 88.2 cm³/mol. The molecule has 0 aromatic heterocycles. The van der Waals surface area contributed by atoms with Crippen molar-refractivity contribution in [1.29, 1.82) is 0 Å². The summed E-state index contributed by atoms with van der Waals surface area (Å²) in [5.41, 5.74) is -0.345. The Balaban J connectivity index is 2.06. The molecule has 1 atom stereocenters. The van der Waals surface area contributed by atoms with E-state index in [1.807, 2.05) is 30.3 Å². The number of aliphatic carboxylic acids is 1. The lowest BCUT2D eigenvalue weighted by molar-refractivity contribution is -0.147. The first-order chi connectivity index (χ1) is 10.7. The fourth-order valence-corrected chi connectivity index (χ4v) is 2.79. The Kier molecular flexibility index (Phi) is 4.99. The largest absolute Gasteiger partial charge is 0.480 e. The lowest BCUT2D eigenvalue weighted by Crippen LogP contribution is -2.52. The van der Waals surface area contributed by atoms with E-state index in [9.17, 15) is 19.5 Å². The maximum Gasteiger partial charge on any atom is 0.329 e. The highest BCUT2D eigenvalue weighted by Gasteiger charge is 2.48. The number of nitrogens with zero attached hydrogens (tertiary/aromatic N) is 2. The van der Waals surface area contributed by atoms with Crippen molar-refractivity contribution in [3.05, 3.63) is 35.9 Å². The fourth-order valence-electron chi connectivity index (χ4n) is 2.43. The predicted octanol–water partition coefficient (Wildman–Crippen LogP) is 2.00. The summed E-state index contributed by atoms with van der Waals surface area (Å²) in [5, 5.41) is 8.66. The molecule has 1 aromatic rings. The molecule has 1 unspecified atom stereocenters. The van der Waals surface area contributed by atoms with Gasteiger partial charge in [0.1, 0.15) is 12.1 Å². The van der Waals surface area contributed by atoms with Crippen LogP contribution in [0.25, 0.3) is 0 Å². The molecule has 0 radical (unpaired) electrons. The van der Waals surface area contributed by atoms with Gasteiger partial charge in [-0.2, -0.15) is 12.6 Å². The van der Waals surface area contributed by atoms with Gasteiger partial charge in [0.15, 0.2) is 0 Å². The first kappa shape index (κ1) is 17.3. The second-order valence-electron chi connectivity index (χ2n) is 6.00. The summed E-state index contributed by atoms with van der Waals surface area (Å²) in [5.74, 6) is -1.57. The van der Waals surface area contributed by atoms with Crippen LogP contribution in [0, 0.1) is 0 Å². The molecule has 0 saturated carbocycles. The Morgan fingerprint density at radius 1 is 1.30 bits per heavy atom. The molecule has 1 aliphatic rings. The average Bonchev–Trinajstić information content (AvgIpc) is 2.81. The van der Waals surface area contributed by atoms with E-state index in [4.69, 9.17) is 0 Å². The third-order valence-electron chi connectivity index (χ3n) is 4.03. The summed E-state index contributed by atoms with van der Waals surface area (Å²) < 4.78 is 0. The number of carbonyl (C=O) groups is 3. The number of rotatable bonds is 6. The zero-order valence-corrected chi connectivity index (χ0v) is 14.0. The van der Waals surface area contributed by atoms with Crippen LogP contribution in [0.2, 0.25) is 0 Å². The van der Waals surface area contributed by atoms with E-state index in [-0.39, 0.29) is 6.54 Å². The highest BCUT2D eigenvalue weighted by atomic mass is 32.1. The van der Waals surface area contributed by atoms with Crippen LogP contribution in [0.15, 0.2) is 30.3 Å². The minimum absolute atomic E-state index is 0.236. The van der Waals surface area contributed by atoms with Gasteiger partial charge in [-0.1, -0.05) is 30.3 Å². The standard InChI is InChI=1S/C16H20N2O4S/c1-16(2,14(20)21)17-10-12(19)18(15(17)22)13(23)9-8-11-6-4-3-5-7-11/h3-7,13,23H,8-10H2,1-2H3,(H,20,21). The molecule has 0 spiro atoms. The van der Waals surface area contributed by atoms with Crippen LogP contribution in [0.3, 0.4) is 0 Å². The van der Waals surface area contributed by atoms with E-state index in [2.05, 4.69) is 12.6 Å². The van der Waals surface area contributed by atoms with Crippen molar-refractivity contribution in [2.45, 2.75) is 37.6 Å². The summed E-state index contributed by atoms with van der Waals surface area (Å²) in [6.07, 6.45) is 1.18. The van der Waals surface area contributed by atoms with Crippen LogP contribution in [0.4, 0.5) is 4.79 Å². The molecule has 23 heavy (non-hydrogen) atoms. The first-order valence-electron chi connectivity index (χ1n) is 7.34. The number of carbonyl (C=O) groups excluding carboxylic acids is 2. The zero-order chi connectivity index (χ0) is 17.2. The number of thiol groups is 1. The fraction of sp³-hybridized carbons (Fsp3) is 0.438. The van der Waals surface area contributed by atoms with Crippen molar-refractivity contribution < 1.29 is 19.5 Å². The maximum atomic E-state index is 12.4. The van der Waals surface area contributed by atoms with E-state index < -0.39 is 28.8 Å². The highest BCUT2D eigenvalue weighted by molar-refractivity contribution is 7.80. The zero-order valence-electron chi connectivity index (χ0n) is 13.1. The van der Waals surface area contributed by atoms with E-state index in [1.54, 1.807) is 0 Å². The molecule has 1 heterocycles. The molecule has 0 aliphatic carbocycles. The Labute approximate surface area is 140 Å². The number of amides is 3. The number of imide groups is 1. The summed E-state index contributed by atoms with van der Waals surface area (Å²) in [7, 11) is 0. The van der Waals surface area contributed by atoms with Crippen molar-refractivity contribution in [2.75, 3.05) is 6.54 Å². The van der Waals surface area contributed by atoms with Gasteiger partial charge in [0.05, 0.1) is 5.37 Å². The van der Waals surface area contributed by atoms with Crippen molar-refractivity contribution >= 4 is 30.5 Å². The van der Waals surface area contributed by atoms with Crippen molar-refractivity contribution in [3.8, 4) is 0 Å². The Morgan fingerprint density at radius 3 is 2.48 bits per heavy atom. The SMILES string of the molecule is CC(C)(C(=O)O)N1CC(=O)N(C(S)CCc2ccccc2)C1=O. The number of carboxylic acid groups (broad SMARTS) is 1. The van der Waals surface area contributed by atoms with E-state index in [1.165, 1.54) is 13.8 Å². The summed E-state index contributed by atoms with van der Waals surface area (Å²) in [6, 6.07) is 9.09. The van der Waals surface area contributed by atoms with Gasteiger partial charge in [0.2, 0.25) is 0 Å². The number of urea groups is 1. The van der Waals surface area contributed by atoms with Crippen LogP contribution in [-0.2, 0) is 16.0 Å². The molecule has 1 aromatic carbocycles. The summed E-state index contributed by atoms with van der Waals surface area (Å²) in [6.45, 7) is 2.57. The molecule has 1 aliphatic heterocycles. The summed E-state index contributed by atoms with van der Waals surface area (Å²) >= 11 is 4.37. The minimum atomic E-state index is -1.44. The molecule has 7 heteroatoms. The number of hydrogen-bond acceptors (Lipinski definition) is 4. The van der Waals surface area contributed by atoms with E-state index in [0.717, 1.165) is 15.4 Å². The maximum absolute atomic E-state index is 12.4. The second-order valence-corrected chi connectivity index (χ2v) is 6.60. The highest BCUT2D eigenvalue weighted by Crippen LogP contribution is 2.26. The molecule has 0 bridgehead atoms. The van der Waals surface area contributed by atoms with Gasteiger partial charge in [-0.3, -0.25) is 14.6 Å².